The van der Waals surface area contributed by atoms with E-state index in [4.69, 9.17) is 4.74 Å². The van der Waals surface area contributed by atoms with Gasteiger partial charge in [-0.1, -0.05) is 0 Å². The van der Waals surface area contributed by atoms with Crippen molar-refractivity contribution < 1.29 is 47.4 Å². The van der Waals surface area contributed by atoms with Crippen molar-refractivity contribution in [2.75, 3.05) is 7.11 Å². The molecular formula is C10H7FNNaO3S. The average molecular weight is 263 g/mol. The zero-order valence-corrected chi connectivity index (χ0v) is 12.1. The van der Waals surface area contributed by atoms with Gasteiger partial charge in [-0.15, -0.1) is 0 Å². The van der Waals surface area contributed by atoms with Gasteiger partial charge in [0.25, 0.3) is 0 Å². The second kappa shape index (κ2) is 5.88. The predicted octanol–water partition coefficient (Wildman–Crippen LogP) is -1.38. The van der Waals surface area contributed by atoms with E-state index in [1.165, 1.54) is 25.4 Å². The summed E-state index contributed by atoms with van der Waals surface area (Å²) in [5.41, 5.74) is 0. The fourth-order valence-electron chi connectivity index (χ4n) is 1.49. The molecule has 0 saturated carbocycles. The van der Waals surface area contributed by atoms with Gasteiger partial charge in [0.05, 0.1) is 7.11 Å². The molecule has 7 heteroatoms. The summed E-state index contributed by atoms with van der Waals surface area (Å²) in [4.78, 5) is 3.78. The number of nitrogens with zero attached hydrogens (tertiary/aromatic N) is 1. The minimum atomic E-state index is -2.50. The molecule has 4 nitrogen and oxygen atoms in total. The molecule has 17 heavy (non-hydrogen) atoms. The molecule has 84 valence electrons. The fourth-order valence-corrected chi connectivity index (χ4v) is 2.06. The Labute approximate surface area is 122 Å². The third-order valence-corrected chi connectivity index (χ3v) is 2.84. The summed E-state index contributed by atoms with van der Waals surface area (Å²) in [5, 5.41) is 0.728. The quantitative estimate of drug-likeness (QED) is 0.495. The van der Waals surface area contributed by atoms with Gasteiger partial charge in [0.15, 0.2) is 0 Å². The first-order valence-corrected chi connectivity index (χ1v) is 5.42. The maximum atomic E-state index is 13.2. The largest absolute Gasteiger partial charge is 1.00 e. The van der Waals surface area contributed by atoms with E-state index < -0.39 is 16.9 Å². The Balaban J connectivity index is 0.00000144. The first-order chi connectivity index (χ1) is 7.63. The van der Waals surface area contributed by atoms with E-state index in [1.807, 2.05) is 0 Å². The van der Waals surface area contributed by atoms with Crippen LogP contribution < -0.4 is 34.3 Å². The molecule has 0 aliphatic carbocycles. The molecule has 0 amide bonds. The Kier molecular flexibility index (Phi) is 5.03. The number of ether oxygens (including phenoxy) is 1. The van der Waals surface area contributed by atoms with Crippen LogP contribution in [-0.4, -0.2) is 20.9 Å². The molecule has 1 aromatic heterocycles. The number of halogens is 1. The summed E-state index contributed by atoms with van der Waals surface area (Å²) >= 11 is -2.50. The van der Waals surface area contributed by atoms with E-state index in [9.17, 15) is 13.2 Å². The second-order valence-corrected chi connectivity index (χ2v) is 3.96. The molecule has 0 fully saturated rings. The monoisotopic (exact) mass is 263 g/mol. The topological polar surface area (TPSA) is 62.2 Å². The van der Waals surface area contributed by atoms with Crippen LogP contribution in [0.15, 0.2) is 29.3 Å². The van der Waals surface area contributed by atoms with Crippen molar-refractivity contribution in [1.29, 1.82) is 0 Å². The van der Waals surface area contributed by atoms with Crippen molar-refractivity contribution in [1.82, 2.24) is 4.98 Å². The number of methoxy groups -OCH3 is 1. The van der Waals surface area contributed by atoms with Crippen LogP contribution in [0.25, 0.3) is 10.8 Å². The zero-order chi connectivity index (χ0) is 11.7. The number of fused-ring (bicyclic) bond motifs is 1. The third-order valence-electron chi connectivity index (χ3n) is 2.14. The molecule has 2 aromatic rings. The molecule has 0 N–H and O–H groups in total. The molecule has 0 radical (unpaired) electrons. The molecule has 1 heterocycles. The first-order valence-electron chi connectivity index (χ1n) is 4.35. The van der Waals surface area contributed by atoms with E-state index in [0.29, 0.717) is 10.8 Å². The van der Waals surface area contributed by atoms with Gasteiger partial charge in [-0.3, -0.25) is 4.21 Å². The number of pyridine rings is 1. The molecule has 1 unspecified atom stereocenters. The van der Waals surface area contributed by atoms with Crippen molar-refractivity contribution in [3.63, 3.8) is 0 Å². The van der Waals surface area contributed by atoms with E-state index >= 15 is 0 Å². The van der Waals surface area contributed by atoms with Gasteiger partial charge in [-0.05, 0) is 29.3 Å². The smallest absolute Gasteiger partial charge is 0.768 e. The number of hydrogen-bond acceptors (Lipinski definition) is 4. The summed E-state index contributed by atoms with van der Waals surface area (Å²) < 4.78 is 40.0. The van der Waals surface area contributed by atoms with Crippen LogP contribution in [0.2, 0.25) is 0 Å². The second-order valence-electron chi connectivity index (χ2n) is 3.05. The number of aromatic nitrogens is 1. The molecule has 1 aromatic carbocycles. The minimum absolute atomic E-state index is 0. The van der Waals surface area contributed by atoms with Crippen LogP contribution in [0, 0.1) is 5.82 Å². The Morgan fingerprint density at radius 3 is 2.71 bits per heavy atom. The standard InChI is InChI=1S/C10H8FNO3S.Na/c1-15-10-8-4-6(11)5-9(16(13)14)7(8)2-3-12-10;/h2-5H,1H3,(H,13,14);/q;+1/p-1. The number of benzene rings is 1. The molecule has 0 aliphatic heterocycles. The predicted molar refractivity (Wildman–Crippen MR) is 55.4 cm³/mol. The van der Waals surface area contributed by atoms with Gasteiger partial charge in [0.1, 0.15) is 5.82 Å². The van der Waals surface area contributed by atoms with E-state index in [-0.39, 0.29) is 40.3 Å². The van der Waals surface area contributed by atoms with Crippen LogP contribution in [0.4, 0.5) is 4.39 Å². The van der Waals surface area contributed by atoms with Crippen LogP contribution in [0.1, 0.15) is 0 Å². The molecule has 0 spiro atoms. The van der Waals surface area contributed by atoms with Crippen molar-refractivity contribution >= 4 is 21.9 Å². The molecule has 0 saturated heterocycles. The maximum absolute atomic E-state index is 13.2. The average Bonchev–Trinajstić information content (AvgIpc) is 2.27. The van der Waals surface area contributed by atoms with Crippen molar-refractivity contribution in [2.24, 2.45) is 0 Å². The molecule has 1 atom stereocenters. The van der Waals surface area contributed by atoms with Crippen LogP contribution in [0.3, 0.4) is 0 Å². The van der Waals surface area contributed by atoms with Gasteiger partial charge in [-0.25, -0.2) is 9.37 Å². The number of hydrogen-bond donors (Lipinski definition) is 0. The Morgan fingerprint density at radius 1 is 1.41 bits per heavy atom. The fraction of sp³-hybridized carbons (Fsp3) is 0.100. The molecular weight excluding hydrogens is 256 g/mol. The first kappa shape index (κ1) is 14.5. The number of rotatable bonds is 2. The Bertz CT molecular complexity index is 579. The zero-order valence-electron chi connectivity index (χ0n) is 9.27. The van der Waals surface area contributed by atoms with Gasteiger partial charge in [0, 0.05) is 21.9 Å². The summed E-state index contributed by atoms with van der Waals surface area (Å²) in [5.74, 6) is -0.443. The van der Waals surface area contributed by atoms with Crippen LogP contribution in [0.5, 0.6) is 5.88 Å². The van der Waals surface area contributed by atoms with E-state index in [1.54, 1.807) is 0 Å². The van der Waals surface area contributed by atoms with Gasteiger partial charge in [0.2, 0.25) is 5.88 Å². The van der Waals surface area contributed by atoms with Crippen LogP contribution in [-0.2, 0) is 11.1 Å². The Morgan fingerprint density at radius 2 is 2.12 bits per heavy atom. The van der Waals surface area contributed by atoms with Crippen molar-refractivity contribution in [3.8, 4) is 5.88 Å². The maximum Gasteiger partial charge on any atom is 1.00 e. The minimum Gasteiger partial charge on any atom is -0.768 e. The van der Waals surface area contributed by atoms with Gasteiger partial charge >= 0.3 is 29.6 Å². The summed E-state index contributed by atoms with van der Waals surface area (Å²) in [6.45, 7) is 0. The van der Waals surface area contributed by atoms with Gasteiger partial charge in [-0.2, -0.15) is 0 Å². The molecule has 0 aliphatic rings. The summed E-state index contributed by atoms with van der Waals surface area (Å²) in [6, 6.07) is 3.66. The normalized spacial score (nSPS) is 11.9. The molecule has 0 bridgehead atoms. The van der Waals surface area contributed by atoms with Crippen LogP contribution >= 0.6 is 0 Å². The van der Waals surface area contributed by atoms with Crippen molar-refractivity contribution in [2.45, 2.75) is 4.90 Å². The van der Waals surface area contributed by atoms with E-state index in [2.05, 4.69) is 4.98 Å². The van der Waals surface area contributed by atoms with Gasteiger partial charge < -0.3 is 9.29 Å². The Hall–Kier alpha value is -0.530. The summed E-state index contributed by atoms with van der Waals surface area (Å²) in [6.07, 6.45) is 1.41. The SMILES string of the molecule is COc1nccc2c(S(=O)[O-])cc(F)cc12.[Na+]. The van der Waals surface area contributed by atoms with Crippen molar-refractivity contribution in [3.05, 3.63) is 30.2 Å². The summed E-state index contributed by atoms with van der Waals surface area (Å²) in [7, 11) is 1.39. The van der Waals surface area contributed by atoms with E-state index in [0.717, 1.165) is 6.07 Å². The third kappa shape index (κ3) is 2.83. The molecule has 2 rings (SSSR count).